The first kappa shape index (κ1) is 14.1. The van der Waals surface area contributed by atoms with Crippen LogP contribution in [0.25, 0.3) is 0 Å². The fourth-order valence-corrected chi connectivity index (χ4v) is 1.61. The molecule has 96 valence electrons. The van der Waals surface area contributed by atoms with Gasteiger partial charge in [-0.05, 0) is 38.1 Å². The third kappa shape index (κ3) is 5.24. The molecule has 0 saturated carbocycles. The molecule has 1 rings (SSSR count). The summed E-state index contributed by atoms with van der Waals surface area (Å²) in [4.78, 5) is 0. The van der Waals surface area contributed by atoms with E-state index in [4.69, 9.17) is 0 Å². The highest BCUT2D eigenvalue weighted by Crippen LogP contribution is 2.09. The molecule has 0 saturated heterocycles. The topological polar surface area (TPSA) is 24.1 Å². The summed E-state index contributed by atoms with van der Waals surface area (Å²) in [5.74, 6) is -0.995. The van der Waals surface area contributed by atoms with Crippen LogP contribution in [0.2, 0.25) is 0 Å². The van der Waals surface area contributed by atoms with Gasteiger partial charge in [0, 0.05) is 18.7 Å². The Bertz CT molecular complexity index is 342. The van der Waals surface area contributed by atoms with Crippen molar-refractivity contribution in [3.63, 3.8) is 0 Å². The highest BCUT2D eigenvalue weighted by Gasteiger charge is 2.04. The van der Waals surface area contributed by atoms with Crippen molar-refractivity contribution < 1.29 is 8.78 Å². The SMILES string of the molecule is CCNCC(C)NCCc1ccc(F)cc1F. The van der Waals surface area contributed by atoms with Gasteiger partial charge in [0.1, 0.15) is 11.6 Å². The van der Waals surface area contributed by atoms with Crippen LogP contribution in [-0.2, 0) is 6.42 Å². The molecule has 0 amide bonds. The third-order valence-electron chi connectivity index (χ3n) is 2.60. The molecule has 0 spiro atoms. The van der Waals surface area contributed by atoms with Crippen LogP contribution in [0.5, 0.6) is 0 Å². The molecule has 0 heterocycles. The maximum atomic E-state index is 13.3. The number of hydrogen-bond donors (Lipinski definition) is 2. The number of nitrogens with one attached hydrogen (secondary N) is 2. The lowest BCUT2D eigenvalue weighted by atomic mass is 10.1. The van der Waals surface area contributed by atoms with E-state index in [1.165, 1.54) is 12.1 Å². The van der Waals surface area contributed by atoms with Crippen LogP contribution >= 0.6 is 0 Å². The van der Waals surface area contributed by atoms with E-state index < -0.39 is 11.6 Å². The molecule has 2 N–H and O–H groups in total. The minimum absolute atomic E-state index is 0.346. The van der Waals surface area contributed by atoms with E-state index in [1.807, 2.05) is 0 Å². The first-order valence-electron chi connectivity index (χ1n) is 6.01. The summed E-state index contributed by atoms with van der Waals surface area (Å²) in [7, 11) is 0. The van der Waals surface area contributed by atoms with Crippen molar-refractivity contribution in [3.8, 4) is 0 Å². The van der Waals surface area contributed by atoms with Crippen LogP contribution in [0.15, 0.2) is 18.2 Å². The first-order valence-corrected chi connectivity index (χ1v) is 6.01. The van der Waals surface area contributed by atoms with E-state index in [1.54, 1.807) is 0 Å². The predicted octanol–water partition coefficient (Wildman–Crippen LogP) is 2.09. The van der Waals surface area contributed by atoms with Gasteiger partial charge in [-0.1, -0.05) is 13.0 Å². The molecule has 0 radical (unpaired) electrons. The third-order valence-corrected chi connectivity index (χ3v) is 2.60. The molecule has 1 atom stereocenters. The predicted molar refractivity (Wildman–Crippen MR) is 66.1 cm³/mol. The second-order valence-corrected chi connectivity index (χ2v) is 4.15. The summed E-state index contributed by atoms with van der Waals surface area (Å²) < 4.78 is 26.0. The number of hydrogen-bond acceptors (Lipinski definition) is 2. The molecule has 0 aliphatic rings. The summed E-state index contributed by atoms with van der Waals surface area (Å²) in [5.41, 5.74) is 0.551. The second kappa shape index (κ2) is 7.35. The zero-order valence-electron chi connectivity index (χ0n) is 10.4. The van der Waals surface area contributed by atoms with E-state index in [9.17, 15) is 8.78 Å². The molecule has 0 aliphatic carbocycles. The lowest BCUT2D eigenvalue weighted by molar-refractivity contribution is 0.506. The fourth-order valence-electron chi connectivity index (χ4n) is 1.61. The molecule has 0 bridgehead atoms. The molecule has 0 aliphatic heterocycles. The maximum absolute atomic E-state index is 13.3. The molecule has 0 fully saturated rings. The maximum Gasteiger partial charge on any atom is 0.129 e. The number of halogens is 2. The van der Waals surface area contributed by atoms with Gasteiger partial charge in [0.2, 0.25) is 0 Å². The molecule has 1 unspecified atom stereocenters. The zero-order valence-corrected chi connectivity index (χ0v) is 10.4. The lowest BCUT2D eigenvalue weighted by Crippen LogP contribution is -2.37. The van der Waals surface area contributed by atoms with Crippen LogP contribution in [0.4, 0.5) is 8.78 Å². The van der Waals surface area contributed by atoms with Crippen molar-refractivity contribution in [1.82, 2.24) is 10.6 Å². The van der Waals surface area contributed by atoms with Gasteiger partial charge in [-0.25, -0.2) is 8.78 Å². The minimum Gasteiger partial charge on any atom is -0.315 e. The van der Waals surface area contributed by atoms with E-state index in [-0.39, 0.29) is 0 Å². The molecular weight excluding hydrogens is 222 g/mol. The van der Waals surface area contributed by atoms with Gasteiger partial charge in [0.25, 0.3) is 0 Å². The van der Waals surface area contributed by atoms with E-state index in [0.717, 1.165) is 19.2 Å². The second-order valence-electron chi connectivity index (χ2n) is 4.15. The van der Waals surface area contributed by atoms with Crippen LogP contribution in [0.3, 0.4) is 0 Å². The molecule has 2 nitrogen and oxygen atoms in total. The summed E-state index contributed by atoms with van der Waals surface area (Å²) in [6.45, 7) is 6.65. The van der Waals surface area contributed by atoms with Crippen molar-refractivity contribution in [3.05, 3.63) is 35.4 Å². The minimum atomic E-state index is -0.528. The Balaban J connectivity index is 2.30. The van der Waals surface area contributed by atoms with Crippen molar-refractivity contribution in [2.45, 2.75) is 26.3 Å². The van der Waals surface area contributed by atoms with Crippen molar-refractivity contribution in [1.29, 1.82) is 0 Å². The first-order chi connectivity index (χ1) is 8.13. The quantitative estimate of drug-likeness (QED) is 0.765. The fraction of sp³-hybridized carbons (Fsp3) is 0.538. The van der Waals surface area contributed by atoms with Crippen LogP contribution in [-0.4, -0.2) is 25.7 Å². The van der Waals surface area contributed by atoms with E-state index in [0.29, 0.717) is 24.6 Å². The van der Waals surface area contributed by atoms with Crippen molar-refractivity contribution in [2.24, 2.45) is 0 Å². The number of benzene rings is 1. The molecule has 1 aromatic rings. The molecule has 1 aromatic carbocycles. The van der Waals surface area contributed by atoms with Crippen LogP contribution in [0, 0.1) is 11.6 Å². The molecule has 17 heavy (non-hydrogen) atoms. The Morgan fingerprint density at radius 1 is 1.29 bits per heavy atom. The number of rotatable bonds is 7. The van der Waals surface area contributed by atoms with Gasteiger partial charge in [-0.15, -0.1) is 0 Å². The van der Waals surface area contributed by atoms with Crippen molar-refractivity contribution in [2.75, 3.05) is 19.6 Å². The highest BCUT2D eigenvalue weighted by molar-refractivity contribution is 5.18. The van der Waals surface area contributed by atoms with E-state index >= 15 is 0 Å². The van der Waals surface area contributed by atoms with Gasteiger partial charge in [0.05, 0.1) is 0 Å². The standard InChI is InChI=1S/C13H20F2N2/c1-3-16-9-10(2)17-7-6-11-4-5-12(14)8-13(11)15/h4-5,8,10,16-17H,3,6-7,9H2,1-2H3. The number of likely N-dealkylation sites (N-methyl/N-ethyl adjacent to an activating group) is 1. The monoisotopic (exact) mass is 242 g/mol. The van der Waals surface area contributed by atoms with Crippen LogP contribution < -0.4 is 10.6 Å². The highest BCUT2D eigenvalue weighted by atomic mass is 19.1. The Hall–Kier alpha value is -1.00. The Labute approximate surface area is 101 Å². The van der Waals surface area contributed by atoms with Gasteiger partial charge in [-0.3, -0.25) is 0 Å². The molecular formula is C13H20F2N2. The van der Waals surface area contributed by atoms with Crippen molar-refractivity contribution >= 4 is 0 Å². The Morgan fingerprint density at radius 2 is 2.06 bits per heavy atom. The summed E-state index contributed by atoms with van der Waals surface area (Å²) >= 11 is 0. The van der Waals surface area contributed by atoms with E-state index in [2.05, 4.69) is 24.5 Å². The van der Waals surface area contributed by atoms with Gasteiger partial charge in [0.15, 0.2) is 0 Å². The summed E-state index contributed by atoms with van der Waals surface area (Å²) in [6, 6.07) is 4.07. The Morgan fingerprint density at radius 3 is 2.71 bits per heavy atom. The normalized spacial score (nSPS) is 12.7. The smallest absolute Gasteiger partial charge is 0.129 e. The zero-order chi connectivity index (χ0) is 12.7. The molecule has 0 aromatic heterocycles. The van der Waals surface area contributed by atoms with Gasteiger partial charge in [-0.2, -0.15) is 0 Å². The molecule has 4 heteroatoms. The lowest BCUT2D eigenvalue weighted by Gasteiger charge is -2.14. The Kier molecular flexibility index (Phi) is 6.08. The van der Waals surface area contributed by atoms with Gasteiger partial charge >= 0.3 is 0 Å². The average Bonchev–Trinajstić information content (AvgIpc) is 2.29. The van der Waals surface area contributed by atoms with Gasteiger partial charge < -0.3 is 10.6 Å². The largest absolute Gasteiger partial charge is 0.315 e. The average molecular weight is 242 g/mol. The summed E-state index contributed by atoms with van der Waals surface area (Å²) in [6.07, 6.45) is 0.572. The van der Waals surface area contributed by atoms with Crippen LogP contribution in [0.1, 0.15) is 19.4 Å². The summed E-state index contributed by atoms with van der Waals surface area (Å²) in [5, 5.41) is 6.51.